The number of carbonyl (C=O) groups is 1. The molecule has 6 atom stereocenters. The number of nitro benzene ring substituents is 2. The van der Waals surface area contributed by atoms with Crippen LogP contribution in [0, 0.1) is 43.8 Å². The lowest BCUT2D eigenvalue weighted by Crippen LogP contribution is -2.70. The summed E-state index contributed by atoms with van der Waals surface area (Å²) in [4.78, 5) is 44.9. The predicted octanol–water partition coefficient (Wildman–Crippen LogP) is 12.6. The highest BCUT2D eigenvalue weighted by Gasteiger charge is 2.66. The molecule has 0 radical (unpaired) electrons. The molecule has 3 aliphatic rings. The van der Waals surface area contributed by atoms with E-state index in [-0.39, 0.29) is 68.4 Å². The van der Waals surface area contributed by atoms with Crippen molar-refractivity contribution in [1.29, 1.82) is 0 Å². The van der Waals surface area contributed by atoms with Crippen molar-refractivity contribution < 1.29 is 53.0 Å². The van der Waals surface area contributed by atoms with E-state index in [9.17, 15) is 34.8 Å². The van der Waals surface area contributed by atoms with Crippen LogP contribution in [0.1, 0.15) is 67.6 Å². The molecule has 2 aliphatic carbocycles. The first-order valence-electron chi connectivity index (χ1n) is 25.7. The second-order valence-electron chi connectivity index (χ2n) is 19.3. The first-order chi connectivity index (χ1) is 37.5. The van der Waals surface area contributed by atoms with Gasteiger partial charge in [0.25, 0.3) is 11.4 Å². The van der Waals surface area contributed by atoms with Gasteiger partial charge in [0.1, 0.15) is 41.5 Å². The van der Waals surface area contributed by atoms with Gasteiger partial charge >= 0.3 is 6.09 Å². The number of aliphatic hydroxyl groups excluding tert-OH is 2. The Kier molecular flexibility index (Phi) is 17.1. The van der Waals surface area contributed by atoms with Crippen molar-refractivity contribution in [2.24, 2.45) is 22.9 Å². The van der Waals surface area contributed by atoms with Crippen molar-refractivity contribution in [2.75, 3.05) is 19.8 Å². The number of carbonyl (C=O) groups excluding carboxylic acids is 1. The molecule has 6 aromatic rings. The second kappa shape index (κ2) is 24.6. The van der Waals surface area contributed by atoms with Crippen LogP contribution < -0.4 is 14.2 Å². The lowest BCUT2D eigenvalue weighted by atomic mass is 9.55. The molecule has 0 saturated heterocycles. The van der Waals surface area contributed by atoms with E-state index in [1.54, 1.807) is 30.3 Å². The zero-order valence-electron chi connectivity index (χ0n) is 42.2. The number of fused-ring (bicyclic) bond motifs is 2. The maximum Gasteiger partial charge on any atom is 0.416 e. The van der Waals surface area contributed by atoms with Gasteiger partial charge in [-0.05, 0) is 132 Å². The average Bonchev–Trinajstić information content (AvgIpc) is 3.45. The minimum atomic E-state index is -1.73. The summed E-state index contributed by atoms with van der Waals surface area (Å²) in [6, 6.07) is 39.1. The van der Waals surface area contributed by atoms with Crippen LogP contribution in [0.5, 0.6) is 23.0 Å². The fraction of sp³-hybridized carbons (Fsp3) is 0.300. The molecule has 9 rings (SSSR count). The number of benzene rings is 6. The van der Waals surface area contributed by atoms with Crippen molar-refractivity contribution in [3.8, 4) is 34.1 Å². The van der Waals surface area contributed by atoms with Gasteiger partial charge in [-0.15, -0.1) is 6.58 Å². The molecule has 6 aromatic carbocycles. The Balaban J connectivity index is 1.22. The third-order valence-corrected chi connectivity index (χ3v) is 14.5. The number of halogens is 1. The average molecular weight is 1050 g/mol. The van der Waals surface area contributed by atoms with Crippen molar-refractivity contribution >= 4 is 23.2 Å². The van der Waals surface area contributed by atoms with Crippen LogP contribution in [0.25, 0.3) is 11.1 Å². The van der Waals surface area contributed by atoms with Crippen molar-refractivity contribution in [2.45, 2.75) is 75.8 Å². The largest absolute Gasteiger partial charge is 0.459 e. The fourth-order valence-corrected chi connectivity index (χ4v) is 11.0. The zero-order chi connectivity index (χ0) is 53.9. The number of nitrogens with zero attached hydrogens (tertiary/aromatic N) is 4. The quantitative estimate of drug-likeness (QED) is 0.0266. The molecule has 1 fully saturated rings. The van der Waals surface area contributed by atoms with Crippen LogP contribution in [-0.4, -0.2) is 68.4 Å². The summed E-state index contributed by atoms with van der Waals surface area (Å²) in [5.74, 6) is -2.01. The van der Waals surface area contributed by atoms with Crippen LogP contribution in [0.15, 0.2) is 175 Å². The highest BCUT2D eigenvalue weighted by atomic mass is 19.1. The fourth-order valence-electron chi connectivity index (χ4n) is 11.0. The van der Waals surface area contributed by atoms with Crippen LogP contribution in [0.2, 0.25) is 0 Å². The highest BCUT2D eigenvalue weighted by molar-refractivity contribution is 6.03. The Bertz CT molecular complexity index is 3080. The first-order valence-corrected chi connectivity index (χ1v) is 25.7. The Hall–Kier alpha value is -8.25. The van der Waals surface area contributed by atoms with E-state index in [2.05, 4.69) is 12.7 Å². The van der Waals surface area contributed by atoms with Gasteiger partial charge in [-0.25, -0.2) is 9.18 Å². The highest BCUT2D eigenvalue weighted by Crippen LogP contribution is 2.62. The van der Waals surface area contributed by atoms with Crippen molar-refractivity contribution in [3.05, 3.63) is 213 Å². The number of unbranched alkanes of at least 4 members (excludes halogenated alkanes) is 2. The smallest absolute Gasteiger partial charge is 0.416 e. The molecule has 1 saturated carbocycles. The molecule has 0 bridgehead atoms. The lowest BCUT2D eigenvalue weighted by Gasteiger charge is -2.59. The van der Waals surface area contributed by atoms with E-state index >= 15 is 4.79 Å². The molecule has 0 aromatic heterocycles. The third-order valence-electron chi connectivity index (χ3n) is 14.5. The summed E-state index contributed by atoms with van der Waals surface area (Å²) in [5.41, 5.74) is 4.94. The lowest BCUT2D eigenvalue weighted by molar-refractivity contribution is -0.385. The second-order valence-corrected chi connectivity index (χ2v) is 19.3. The predicted molar refractivity (Wildman–Crippen MR) is 286 cm³/mol. The molecular formula is C60H59FN4O12. The number of amides is 1. The summed E-state index contributed by atoms with van der Waals surface area (Å²) in [6.07, 6.45) is 6.71. The SMILES string of the molecule is C=CCO[C@@]12Oc3ccc(Oc4ccc(-c5ccccc5)cc4)cc3[C@H]3[C@H](CCCCO)[C@@H](CCCCO)C=C(C(=NOCc4ccc([N+](=O)[O-])cc4)C[C@@H]1N(Cc1ccc(F)cc1)C(=O)Oc1ccc([N+](=O)[O-])cc1)[C@H]32. The number of aliphatic hydroxyl groups is 2. The Morgan fingerprint density at radius 2 is 1.40 bits per heavy atom. The van der Waals surface area contributed by atoms with E-state index in [0.29, 0.717) is 72.6 Å². The molecule has 0 unspecified atom stereocenters. The number of allylic oxidation sites excluding steroid dienone is 1. The van der Waals surface area contributed by atoms with Crippen LogP contribution in [-0.2, 0) is 22.7 Å². The van der Waals surface area contributed by atoms with E-state index in [0.717, 1.165) is 22.3 Å². The van der Waals surface area contributed by atoms with Crippen LogP contribution >= 0.6 is 0 Å². The molecule has 16 nitrogen and oxygen atoms in total. The van der Waals surface area contributed by atoms with Gasteiger partial charge in [-0.2, -0.15) is 0 Å². The molecule has 2 N–H and O–H groups in total. The maximum atomic E-state index is 15.2. The summed E-state index contributed by atoms with van der Waals surface area (Å²) in [6.45, 7) is 3.76. The van der Waals surface area contributed by atoms with E-state index in [1.165, 1.54) is 53.4 Å². The van der Waals surface area contributed by atoms with E-state index in [4.69, 9.17) is 28.9 Å². The van der Waals surface area contributed by atoms with Gasteiger partial charge in [0.15, 0.2) is 0 Å². The Morgan fingerprint density at radius 1 is 0.779 bits per heavy atom. The number of hydrogen-bond acceptors (Lipinski definition) is 13. The maximum absolute atomic E-state index is 15.2. The summed E-state index contributed by atoms with van der Waals surface area (Å²) >= 11 is 0. The number of non-ortho nitro benzene ring substituents is 2. The topological polar surface area (TPSA) is 206 Å². The van der Waals surface area contributed by atoms with Gasteiger partial charge in [0.2, 0.25) is 5.79 Å². The molecule has 1 amide bonds. The number of rotatable bonds is 23. The summed E-state index contributed by atoms with van der Waals surface area (Å²) < 4.78 is 41.8. The normalized spacial score (nSPS) is 20.6. The number of nitro groups is 2. The molecule has 77 heavy (non-hydrogen) atoms. The van der Waals surface area contributed by atoms with Gasteiger partial charge in [-0.1, -0.05) is 84.7 Å². The standard InChI is InChI=1S/C60H59FN4O12/c1-2-34-73-60-56(63(38-40-14-20-45(61)21-15-40)59(68)76-49-28-24-47(25-29-49)65(71)72)37-54(62-74-39-41-16-22-46(23-17-41)64(69)70)52-35-44(12-6-8-32-66)51(13-7-9-33-67)57(58(52)60)53-36-50(30-31-55(53)77-60)75-48-26-18-43(19-27-48)42-10-4-3-5-11-42/h2-5,10-11,14-31,35-36,44,51,56-58,66-67H,1,6-9,12-13,32-34,37-39H2/t44-,51+,56-,57+,58+,60+/m0/s1. The minimum absolute atomic E-state index is 0.00951. The number of hydrogen-bond donors (Lipinski definition) is 2. The van der Waals surface area contributed by atoms with Gasteiger partial charge < -0.3 is 34.0 Å². The number of ether oxygens (including phenoxy) is 4. The summed E-state index contributed by atoms with van der Waals surface area (Å²) in [7, 11) is 0. The van der Waals surface area contributed by atoms with Gasteiger partial charge in [-0.3, -0.25) is 25.1 Å². The van der Waals surface area contributed by atoms with Gasteiger partial charge in [0.05, 0.1) is 28.1 Å². The number of oxime groups is 1. The Morgan fingerprint density at radius 3 is 2.06 bits per heavy atom. The van der Waals surface area contributed by atoms with Crippen molar-refractivity contribution in [3.63, 3.8) is 0 Å². The molecule has 1 heterocycles. The molecule has 398 valence electrons. The Labute approximate surface area is 444 Å². The van der Waals surface area contributed by atoms with Crippen molar-refractivity contribution in [1.82, 2.24) is 4.90 Å². The molecule has 17 heteroatoms. The monoisotopic (exact) mass is 1050 g/mol. The summed E-state index contributed by atoms with van der Waals surface area (Å²) in [5, 5.41) is 48.2. The van der Waals surface area contributed by atoms with E-state index in [1.807, 2.05) is 72.8 Å². The van der Waals surface area contributed by atoms with Gasteiger partial charge in [0, 0.05) is 61.9 Å². The van der Waals surface area contributed by atoms with Crippen LogP contribution in [0.4, 0.5) is 20.6 Å². The van der Waals surface area contributed by atoms with E-state index < -0.39 is 45.4 Å². The minimum Gasteiger partial charge on any atom is -0.459 e. The zero-order valence-corrected chi connectivity index (χ0v) is 42.2. The molecule has 0 spiro atoms. The molecule has 1 aliphatic heterocycles. The third kappa shape index (κ3) is 12.2. The van der Waals surface area contributed by atoms with Crippen LogP contribution in [0.3, 0.4) is 0 Å². The first kappa shape index (κ1) is 53.6. The molecular weight excluding hydrogens is 988 g/mol.